The molecule has 5 heteroatoms. The van der Waals surface area contributed by atoms with Crippen molar-refractivity contribution in [3.63, 3.8) is 0 Å². The summed E-state index contributed by atoms with van der Waals surface area (Å²) in [7, 11) is 0. The molecule has 98 valence electrons. The van der Waals surface area contributed by atoms with Gasteiger partial charge >= 0.3 is 5.97 Å². The third-order valence-corrected chi connectivity index (χ3v) is 3.85. The van der Waals surface area contributed by atoms with Gasteiger partial charge in [0.2, 0.25) is 5.91 Å². The molecule has 1 saturated heterocycles. The average molecular weight is 242 g/mol. The first-order valence-corrected chi connectivity index (χ1v) is 5.85. The molecule has 1 rings (SSSR count). The Morgan fingerprint density at radius 1 is 1.29 bits per heavy atom. The SMILES string of the molecule is CC(C)(N)C(C)(C)C(=O)N1CC(CC(=O)O)C1. The highest BCUT2D eigenvalue weighted by atomic mass is 16.4. The van der Waals surface area contributed by atoms with Crippen molar-refractivity contribution in [2.75, 3.05) is 13.1 Å². The number of carbonyl (C=O) groups is 2. The van der Waals surface area contributed by atoms with Gasteiger partial charge in [0.25, 0.3) is 0 Å². The van der Waals surface area contributed by atoms with Crippen molar-refractivity contribution in [3.8, 4) is 0 Å². The number of amides is 1. The summed E-state index contributed by atoms with van der Waals surface area (Å²) in [6.07, 6.45) is 0.135. The molecule has 3 N–H and O–H groups in total. The summed E-state index contributed by atoms with van der Waals surface area (Å²) < 4.78 is 0. The molecule has 1 aliphatic rings. The number of hydrogen-bond donors (Lipinski definition) is 2. The summed E-state index contributed by atoms with van der Waals surface area (Å²) in [5.41, 5.74) is 4.77. The van der Waals surface area contributed by atoms with Crippen molar-refractivity contribution in [1.29, 1.82) is 0 Å². The van der Waals surface area contributed by atoms with Crippen molar-refractivity contribution in [2.24, 2.45) is 17.1 Å². The monoisotopic (exact) mass is 242 g/mol. The molecule has 0 atom stereocenters. The number of aliphatic carboxylic acids is 1. The van der Waals surface area contributed by atoms with E-state index >= 15 is 0 Å². The molecule has 1 heterocycles. The first-order valence-electron chi connectivity index (χ1n) is 5.85. The Morgan fingerprint density at radius 2 is 1.76 bits per heavy atom. The Kier molecular flexibility index (Phi) is 3.52. The molecule has 1 amide bonds. The van der Waals surface area contributed by atoms with Crippen LogP contribution in [0.1, 0.15) is 34.1 Å². The zero-order valence-electron chi connectivity index (χ0n) is 11.0. The van der Waals surface area contributed by atoms with Gasteiger partial charge in [-0.25, -0.2) is 0 Å². The molecule has 0 spiro atoms. The smallest absolute Gasteiger partial charge is 0.303 e. The molecule has 1 fully saturated rings. The van der Waals surface area contributed by atoms with Crippen LogP contribution >= 0.6 is 0 Å². The number of nitrogens with two attached hydrogens (primary N) is 1. The summed E-state index contributed by atoms with van der Waals surface area (Å²) >= 11 is 0. The van der Waals surface area contributed by atoms with Crippen molar-refractivity contribution in [2.45, 2.75) is 39.7 Å². The van der Waals surface area contributed by atoms with Crippen LogP contribution in [0.3, 0.4) is 0 Å². The van der Waals surface area contributed by atoms with Crippen molar-refractivity contribution < 1.29 is 14.7 Å². The van der Waals surface area contributed by atoms with Gasteiger partial charge < -0.3 is 15.7 Å². The second kappa shape index (κ2) is 4.29. The minimum Gasteiger partial charge on any atom is -0.481 e. The Bertz CT molecular complexity index is 325. The van der Waals surface area contributed by atoms with E-state index in [4.69, 9.17) is 10.8 Å². The number of rotatable bonds is 4. The van der Waals surface area contributed by atoms with Crippen LogP contribution in [0.25, 0.3) is 0 Å². The molecule has 17 heavy (non-hydrogen) atoms. The lowest BCUT2D eigenvalue weighted by Gasteiger charge is -2.46. The third-order valence-electron chi connectivity index (χ3n) is 3.85. The van der Waals surface area contributed by atoms with E-state index in [0.717, 1.165) is 0 Å². The topological polar surface area (TPSA) is 83.6 Å². The highest BCUT2D eigenvalue weighted by Gasteiger charge is 2.45. The number of likely N-dealkylation sites (tertiary alicyclic amines) is 1. The van der Waals surface area contributed by atoms with Crippen LogP contribution in [-0.4, -0.2) is 40.5 Å². The molecule has 0 bridgehead atoms. The van der Waals surface area contributed by atoms with Gasteiger partial charge in [0.05, 0.1) is 11.8 Å². The van der Waals surface area contributed by atoms with Crippen molar-refractivity contribution >= 4 is 11.9 Å². The molecule has 1 aliphatic heterocycles. The first-order chi connectivity index (χ1) is 7.55. The molecule has 0 aliphatic carbocycles. The Hall–Kier alpha value is -1.10. The van der Waals surface area contributed by atoms with Gasteiger partial charge in [-0.2, -0.15) is 0 Å². The summed E-state index contributed by atoms with van der Waals surface area (Å²) in [6.45, 7) is 8.40. The molecular formula is C12H22N2O3. The maximum atomic E-state index is 12.2. The second-order valence-corrected chi connectivity index (χ2v) is 6.02. The highest BCUT2D eigenvalue weighted by molar-refractivity contribution is 5.84. The van der Waals surface area contributed by atoms with Gasteiger partial charge in [-0.15, -0.1) is 0 Å². The van der Waals surface area contributed by atoms with Gasteiger partial charge in [0, 0.05) is 24.5 Å². The van der Waals surface area contributed by atoms with Crippen molar-refractivity contribution in [3.05, 3.63) is 0 Å². The molecule has 5 nitrogen and oxygen atoms in total. The zero-order valence-corrected chi connectivity index (χ0v) is 11.0. The van der Waals surface area contributed by atoms with E-state index in [0.29, 0.717) is 13.1 Å². The number of nitrogens with zero attached hydrogens (tertiary/aromatic N) is 1. The number of hydrogen-bond acceptors (Lipinski definition) is 3. The maximum absolute atomic E-state index is 12.2. The lowest BCUT2D eigenvalue weighted by Crippen LogP contribution is -2.61. The lowest BCUT2D eigenvalue weighted by molar-refractivity contribution is -0.153. The maximum Gasteiger partial charge on any atom is 0.303 e. The van der Waals surface area contributed by atoms with Crippen LogP contribution in [0.5, 0.6) is 0 Å². The van der Waals surface area contributed by atoms with Crippen LogP contribution < -0.4 is 5.73 Å². The second-order valence-electron chi connectivity index (χ2n) is 6.02. The van der Waals surface area contributed by atoms with E-state index in [9.17, 15) is 9.59 Å². The molecule has 0 radical (unpaired) electrons. The van der Waals surface area contributed by atoms with E-state index in [-0.39, 0.29) is 18.2 Å². The molecule has 0 aromatic carbocycles. The fourth-order valence-corrected chi connectivity index (χ4v) is 1.78. The number of carboxylic acids is 1. The normalized spacial score (nSPS) is 17.8. The van der Waals surface area contributed by atoms with Crippen LogP contribution in [0.4, 0.5) is 0 Å². The summed E-state index contributed by atoms with van der Waals surface area (Å²) in [4.78, 5) is 24.4. The van der Waals surface area contributed by atoms with E-state index < -0.39 is 16.9 Å². The molecular weight excluding hydrogens is 220 g/mol. The van der Waals surface area contributed by atoms with Gasteiger partial charge in [0.15, 0.2) is 0 Å². The number of carboxylic acid groups (broad SMARTS) is 1. The summed E-state index contributed by atoms with van der Waals surface area (Å²) in [5.74, 6) is -0.708. The summed E-state index contributed by atoms with van der Waals surface area (Å²) in [6, 6.07) is 0. The predicted molar refractivity (Wildman–Crippen MR) is 64.4 cm³/mol. The van der Waals surface area contributed by atoms with Gasteiger partial charge in [-0.1, -0.05) is 0 Å². The first kappa shape index (κ1) is 14.0. The van der Waals surface area contributed by atoms with Crippen molar-refractivity contribution in [1.82, 2.24) is 4.90 Å². The fourth-order valence-electron chi connectivity index (χ4n) is 1.78. The van der Waals surface area contributed by atoms with Gasteiger partial charge in [0.1, 0.15) is 0 Å². The van der Waals surface area contributed by atoms with E-state index in [1.165, 1.54) is 0 Å². The van der Waals surface area contributed by atoms with Crippen LogP contribution in [0.15, 0.2) is 0 Å². The third kappa shape index (κ3) is 2.77. The van der Waals surface area contributed by atoms with Gasteiger partial charge in [-0.3, -0.25) is 9.59 Å². The quantitative estimate of drug-likeness (QED) is 0.759. The van der Waals surface area contributed by atoms with Crippen LogP contribution in [-0.2, 0) is 9.59 Å². The van der Waals surface area contributed by atoms with Crippen LogP contribution in [0.2, 0.25) is 0 Å². The summed E-state index contributed by atoms with van der Waals surface area (Å²) in [5, 5.41) is 8.64. The fraction of sp³-hybridized carbons (Fsp3) is 0.833. The molecule has 0 aromatic rings. The zero-order chi connectivity index (χ0) is 13.4. The van der Waals surface area contributed by atoms with Crippen LogP contribution in [0, 0.1) is 11.3 Å². The minimum atomic E-state index is -0.805. The highest BCUT2D eigenvalue weighted by Crippen LogP contribution is 2.33. The molecule has 0 unspecified atom stereocenters. The largest absolute Gasteiger partial charge is 0.481 e. The molecule has 0 saturated carbocycles. The Morgan fingerprint density at radius 3 is 2.12 bits per heavy atom. The lowest BCUT2D eigenvalue weighted by atomic mass is 9.73. The minimum absolute atomic E-state index is 0.00615. The standard InChI is InChI=1S/C12H22N2O3/c1-11(2,12(3,4)13)10(17)14-6-8(7-14)5-9(15)16/h8H,5-7,13H2,1-4H3,(H,15,16). The van der Waals surface area contributed by atoms with Gasteiger partial charge in [-0.05, 0) is 27.7 Å². The average Bonchev–Trinajstić information content (AvgIpc) is 2.07. The predicted octanol–water partition coefficient (Wildman–Crippen LogP) is 0.683. The Labute approximate surface area is 102 Å². The molecule has 0 aromatic heterocycles. The van der Waals surface area contributed by atoms with E-state index in [1.807, 2.05) is 27.7 Å². The number of carbonyl (C=O) groups excluding carboxylic acids is 1. The van der Waals surface area contributed by atoms with E-state index in [1.54, 1.807) is 4.90 Å². The Balaban J connectivity index is 2.55. The van der Waals surface area contributed by atoms with E-state index in [2.05, 4.69) is 0 Å².